The molecule has 0 heterocycles. The minimum Gasteiger partial charge on any atom is -0.469 e. The number of ether oxygens (including phenoxy) is 1. The highest BCUT2D eigenvalue weighted by atomic mass is 16.5. The summed E-state index contributed by atoms with van der Waals surface area (Å²) in [4.78, 5) is 11.7. The van der Waals surface area contributed by atoms with Crippen LogP contribution in [-0.4, -0.2) is 24.3 Å². The van der Waals surface area contributed by atoms with Crippen LogP contribution in [0.5, 0.6) is 0 Å². The van der Waals surface area contributed by atoms with Crippen molar-refractivity contribution in [3.63, 3.8) is 0 Å². The third-order valence-corrected chi connectivity index (χ3v) is 3.32. The molecule has 0 aromatic rings. The van der Waals surface area contributed by atoms with E-state index in [0.717, 1.165) is 19.3 Å². The maximum absolute atomic E-state index is 11.7. The summed E-state index contributed by atoms with van der Waals surface area (Å²) < 4.78 is 4.82. The molecule has 0 amide bonds. The number of rotatable bonds is 4. The van der Waals surface area contributed by atoms with Crippen LogP contribution in [0.25, 0.3) is 0 Å². The molecule has 15 heavy (non-hydrogen) atoms. The van der Waals surface area contributed by atoms with Crippen molar-refractivity contribution >= 4 is 5.97 Å². The highest BCUT2D eigenvalue weighted by Gasteiger charge is 2.48. The van der Waals surface area contributed by atoms with Crippen molar-refractivity contribution in [1.82, 2.24) is 0 Å². The first-order valence-electron chi connectivity index (χ1n) is 5.55. The van der Waals surface area contributed by atoms with Gasteiger partial charge in [-0.1, -0.05) is 12.2 Å². The fourth-order valence-corrected chi connectivity index (χ4v) is 2.40. The monoisotopic (exact) mass is 212 g/mol. The molecule has 0 aromatic carbocycles. The van der Waals surface area contributed by atoms with Crippen LogP contribution in [0.3, 0.4) is 0 Å². The number of carbonyl (C=O) groups is 1. The topological polar surface area (TPSA) is 46.5 Å². The Labute approximate surface area is 91.1 Å². The standard InChI is InChI=1S/C12H20O3/c1-3-4-5-8-12(11(14)15-2)9-6-7-10(12)13/h3-4,10,13H,5-9H2,1-2H3/b4-3+/t10-,12-/m1/s1. The molecule has 2 atom stereocenters. The van der Waals surface area contributed by atoms with E-state index in [1.54, 1.807) is 0 Å². The molecule has 0 aliphatic heterocycles. The Morgan fingerprint density at radius 3 is 2.87 bits per heavy atom. The summed E-state index contributed by atoms with van der Waals surface area (Å²) in [6, 6.07) is 0. The van der Waals surface area contributed by atoms with E-state index in [1.165, 1.54) is 7.11 Å². The Morgan fingerprint density at radius 1 is 1.67 bits per heavy atom. The maximum Gasteiger partial charge on any atom is 0.314 e. The number of esters is 1. The molecule has 1 saturated carbocycles. The van der Waals surface area contributed by atoms with E-state index in [-0.39, 0.29) is 5.97 Å². The number of allylic oxidation sites excluding steroid dienone is 2. The smallest absolute Gasteiger partial charge is 0.314 e. The molecule has 0 spiro atoms. The molecule has 3 heteroatoms. The molecule has 0 aromatic heterocycles. The van der Waals surface area contributed by atoms with Crippen LogP contribution in [-0.2, 0) is 9.53 Å². The van der Waals surface area contributed by atoms with Gasteiger partial charge in [0.15, 0.2) is 0 Å². The van der Waals surface area contributed by atoms with Gasteiger partial charge in [-0.05, 0) is 39.0 Å². The van der Waals surface area contributed by atoms with Crippen LogP contribution in [0, 0.1) is 5.41 Å². The predicted molar refractivity (Wildman–Crippen MR) is 58.4 cm³/mol. The van der Waals surface area contributed by atoms with Crippen LogP contribution in [0.2, 0.25) is 0 Å². The van der Waals surface area contributed by atoms with Crippen molar-refractivity contribution in [1.29, 1.82) is 0 Å². The lowest BCUT2D eigenvalue weighted by atomic mass is 9.79. The molecule has 0 radical (unpaired) electrons. The number of carbonyl (C=O) groups excluding carboxylic acids is 1. The minimum atomic E-state index is -0.645. The first-order chi connectivity index (χ1) is 7.17. The van der Waals surface area contributed by atoms with Gasteiger partial charge in [0.2, 0.25) is 0 Å². The van der Waals surface area contributed by atoms with Crippen molar-refractivity contribution < 1.29 is 14.6 Å². The minimum absolute atomic E-state index is 0.253. The number of aliphatic hydroxyl groups excluding tert-OH is 1. The SMILES string of the molecule is C/C=C/CC[C@@]1(C(=O)OC)CCC[C@H]1O. The summed E-state index contributed by atoms with van der Waals surface area (Å²) in [5.41, 5.74) is -0.645. The highest BCUT2D eigenvalue weighted by molar-refractivity contribution is 5.78. The Hall–Kier alpha value is -0.830. The van der Waals surface area contributed by atoms with Crippen molar-refractivity contribution in [3.8, 4) is 0 Å². The van der Waals surface area contributed by atoms with Gasteiger partial charge in [0, 0.05) is 0 Å². The van der Waals surface area contributed by atoms with Gasteiger partial charge in [0.05, 0.1) is 18.6 Å². The van der Waals surface area contributed by atoms with Crippen LogP contribution < -0.4 is 0 Å². The second-order valence-corrected chi connectivity index (χ2v) is 4.16. The largest absolute Gasteiger partial charge is 0.469 e. The van der Waals surface area contributed by atoms with E-state index in [4.69, 9.17) is 4.74 Å². The molecule has 1 aliphatic rings. The van der Waals surface area contributed by atoms with E-state index in [0.29, 0.717) is 12.8 Å². The van der Waals surface area contributed by atoms with E-state index in [9.17, 15) is 9.90 Å². The van der Waals surface area contributed by atoms with Crippen molar-refractivity contribution in [2.45, 2.75) is 45.1 Å². The molecule has 0 saturated heterocycles. The fourth-order valence-electron chi connectivity index (χ4n) is 2.40. The van der Waals surface area contributed by atoms with Crippen LogP contribution in [0.1, 0.15) is 39.0 Å². The van der Waals surface area contributed by atoms with Crippen LogP contribution in [0.4, 0.5) is 0 Å². The lowest BCUT2D eigenvalue weighted by Gasteiger charge is -2.29. The molecule has 1 aliphatic carbocycles. The average Bonchev–Trinajstić information content (AvgIpc) is 2.61. The maximum atomic E-state index is 11.7. The summed E-state index contributed by atoms with van der Waals surface area (Å²) >= 11 is 0. The van der Waals surface area contributed by atoms with E-state index >= 15 is 0 Å². The molecule has 1 rings (SSSR count). The van der Waals surface area contributed by atoms with Gasteiger partial charge in [-0.15, -0.1) is 0 Å². The van der Waals surface area contributed by atoms with Crippen LogP contribution in [0.15, 0.2) is 12.2 Å². The quantitative estimate of drug-likeness (QED) is 0.573. The fraction of sp³-hybridized carbons (Fsp3) is 0.750. The van der Waals surface area contributed by atoms with Crippen molar-refractivity contribution in [2.75, 3.05) is 7.11 Å². The second-order valence-electron chi connectivity index (χ2n) is 4.16. The molecule has 0 unspecified atom stereocenters. The normalized spacial score (nSPS) is 31.0. The van der Waals surface area contributed by atoms with Crippen molar-refractivity contribution in [3.05, 3.63) is 12.2 Å². The highest BCUT2D eigenvalue weighted by Crippen LogP contribution is 2.43. The number of methoxy groups -OCH3 is 1. The van der Waals surface area contributed by atoms with Gasteiger partial charge in [-0.25, -0.2) is 0 Å². The zero-order chi connectivity index (χ0) is 11.3. The Bertz CT molecular complexity index is 247. The third-order valence-electron chi connectivity index (χ3n) is 3.32. The first kappa shape index (κ1) is 12.2. The second kappa shape index (κ2) is 5.31. The molecule has 3 nitrogen and oxygen atoms in total. The Morgan fingerprint density at radius 2 is 2.40 bits per heavy atom. The first-order valence-corrected chi connectivity index (χ1v) is 5.55. The Balaban J connectivity index is 2.72. The number of hydrogen-bond acceptors (Lipinski definition) is 3. The zero-order valence-corrected chi connectivity index (χ0v) is 9.53. The molecule has 1 fully saturated rings. The molecule has 0 bridgehead atoms. The molecule has 86 valence electrons. The van der Waals surface area contributed by atoms with E-state index < -0.39 is 11.5 Å². The molecular formula is C12H20O3. The summed E-state index contributed by atoms with van der Waals surface area (Å²) in [6.45, 7) is 1.95. The molecule has 1 N–H and O–H groups in total. The predicted octanol–water partition coefficient (Wildman–Crippen LogP) is 2.05. The lowest BCUT2D eigenvalue weighted by molar-refractivity contribution is -0.159. The van der Waals surface area contributed by atoms with Gasteiger partial charge in [-0.3, -0.25) is 4.79 Å². The molecular weight excluding hydrogens is 192 g/mol. The lowest BCUT2D eigenvalue weighted by Crippen LogP contribution is -2.39. The van der Waals surface area contributed by atoms with Crippen molar-refractivity contribution in [2.24, 2.45) is 5.41 Å². The summed E-state index contributed by atoms with van der Waals surface area (Å²) in [5, 5.41) is 9.92. The summed E-state index contributed by atoms with van der Waals surface area (Å²) in [7, 11) is 1.39. The van der Waals surface area contributed by atoms with Crippen LogP contribution >= 0.6 is 0 Å². The van der Waals surface area contributed by atoms with Gasteiger partial charge >= 0.3 is 5.97 Å². The van der Waals surface area contributed by atoms with Gasteiger partial charge in [0.25, 0.3) is 0 Å². The number of aliphatic hydroxyl groups is 1. The van der Waals surface area contributed by atoms with Gasteiger partial charge < -0.3 is 9.84 Å². The number of hydrogen-bond donors (Lipinski definition) is 1. The van der Waals surface area contributed by atoms with E-state index in [2.05, 4.69) is 0 Å². The van der Waals surface area contributed by atoms with Gasteiger partial charge in [0.1, 0.15) is 0 Å². The third kappa shape index (κ3) is 2.40. The average molecular weight is 212 g/mol. The zero-order valence-electron chi connectivity index (χ0n) is 9.53. The summed E-state index contributed by atoms with van der Waals surface area (Å²) in [6.07, 6.45) is 7.33. The Kier molecular flexibility index (Phi) is 4.33. The van der Waals surface area contributed by atoms with Gasteiger partial charge in [-0.2, -0.15) is 0 Å². The van der Waals surface area contributed by atoms with E-state index in [1.807, 2.05) is 19.1 Å². The summed E-state index contributed by atoms with van der Waals surface area (Å²) in [5.74, 6) is -0.253.